The highest BCUT2D eigenvalue weighted by Crippen LogP contribution is 2.20. The van der Waals surface area contributed by atoms with Gasteiger partial charge in [0.25, 0.3) is 0 Å². The minimum Gasteiger partial charge on any atom is -0.480 e. The number of carbonyl (C=O) groups excluding carboxylic acids is 3. The number of carbonyl (C=O) groups is 4. The molecule has 172 valence electrons. The van der Waals surface area contributed by atoms with E-state index >= 15 is 0 Å². The molecular weight excluding hydrogens is 404 g/mol. The maximum Gasteiger partial charge on any atom is 0.325 e. The summed E-state index contributed by atoms with van der Waals surface area (Å²) >= 11 is 0. The Morgan fingerprint density at radius 1 is 1.29 bits per heavy atom. The molecule has 4 atom stereocenters. The Kier molecular flexibility index (Phi) is 8.55. The number of nitrogens with one attached hydrogen (secondary N) is 3. The Hall–Kier alpha value is -2.95. The van der Waals surface area contributed by atoms with Crippen LogP contribution in [0.15, 0.2) is 12.5 Å². The number of aromatic nitrogens is 2. The number of nitrogens with zero attached hydrogens (tertiary/aromatic N) is 2. The van der Waals surface area contributed by atoms with Crippen molar-refractivity contribution in [2.24, 2.45) is 11.7 Å². The first-order chi connectivity index (χ1) is 14.6. The largest absolute Gasteiger partial charge is 0.480 e. The zero-order valence-electron chi connectivity index (χ0n) is 18.1. The minimum atomic E-state index is -1.16. The van der Waals surface area contributed by atoms with Gasteiger partial charge >= 0.3 is 5.97 Å². The number of rotatable bonds is 10. The Balaban J connectivity index is 2.15. The molecule has 3 amide bonds. The Morgan fingerprint density at radius 2 is 2.00 bits per heavy atom. The quantitative estimate of drug-likeness (QED) is 0.326. The second-order valence-electron chi connectivity index (χ2n) is 8.34. The van der Waals surface area contributed by atoms with E-state index in [9.17, 15) is 19.2 Å². The van der Waals surface area contributed by atoms with E-state index < -0.39 is 47.9 Å². The molecule has 4 unspecified atom stereocenters. The Labute approximate surface area is 181 Å². The average Bonchev–Trinajstić information content (AvgIpc) is 3.37. The highest BCUT2D eigenvalue weighted by Gasteiger charge is 2.38. The van der Waals surface area contributed by atoms with Gasteiger partial charge in [-0.05, 0) is 32.1 Å². The number of carboxylic acid groups (broad SMARTS) is 1. The van der Waals surface area contributed by atoms with Gasteiger partial charge in [0.15, 0.2) is 0 Å². The number of amides is 3. The number of likely N-dealkylation sites (tertiary alicyclic amines) is 1. The smallest absolute Gasteiger partial charge is 0.325 e. The van der Waals surface area contributed by atoms with Gasteiger partial charge in [-0.2, -0.15) is 0 Å². The summed E-state index contributed by atoms with van der Waals surface area (Å²) in [6.45, 7) is 5.60. The van der Waals surface area contributed by atoms with Crippen molar-refractivity contribution in [3.05, 3.63) is 18.2 Å². The zero-order chi connectivity index (χ0) is 23.1. The molecule has 1 fully saturated rings. The number of aliphatic carboxylic acids is 1. The monoisotopic (exact) mass is 436 g/mol. The van der Waals surface area contributed by atoms with Gasteiger partial charge < -0.3 is 31.4 Å². The summed E-state index contributed by atoms with van der Waals surface area (Å²) in [6, 6.07) is -3.55. The standard InChI is InChI=1S/C20H32N6O5/c1-11(2)7-14(21)17(27)25-15(8-13-9-22-10-23-13)19(29)26-6-4-5-16(26)18(28)24-12(3)20(30)31/h9-12,14-16H,4-8,21H2,1-3H3,(H,22,23)(H,24,28)(H,25,27)(H,30,31). The summed E-state index contributed by atoms with van der Waals surface area (Å²) in [6.07, 6.45) is 4.68. The SMILES string of the molecule is CC(C)CC(N)C(=O)NC(Cc1cnc[nH]1)C(=O)N1CCCC1C(=O)NC(C)C(=O)O. The molecule has 1 aliphatic heterocycles. The third-order valence-corrected chi connectivity index (χ3v) is 5.22. The molecule has 1 aliphatic rings. The third-order valence-electron chi connectivity index (χ3n) is 5.22. The van der Waals surface area contributed by atoms with Crippen molar-refractivity contribution in [1.29, 1.82) is 0 Å². The molecule has 6 N–H and O–H groups in total. The van der Waals surface area contributed by atoms with E-state index in [2.05, 4.69) is 20.6 Å². The maximum atomic E-state index is 13.3. The van der Waals surface area contributed by atoms with Crippen molar-refractivity contribution in [3.8, 4) is 0 Å². The number of hydrogen-bond acceptors (Lipinski definition) is 6. The summed E-state index contributed by atoms with van der Waals surface area (Å²) in [5.74, 6) is -2.33. The van der Waals surface area contributed by atoms with Crippen LogP contribution in [0.4, 0.5) is 0 Å². The Bertz CT molecular complexity index is 781. The lowest BCUT2D eigenvalue weighted by molar-refractivity contribution is -0.144. The van der Waals surface area contributed by atoms with Crippen LogP contribution < -0.4 is 16.4 Å². The van der Waals surface area contributed by atoms with Gasteiger partial charge in [0, 0.05) is 24.9 Å². The first kappa shape index (κ1) is 24.3. The molecule has 0 aromatic carbocycles. The Morgan fingerprint density at radius 3 is 2.58 bits per heavy atom. The van der Waals surface area contributed by atoms with Crippen molar-refractivity contribution in [3.63, 3.8) is 0 Å². The fourth-order valence-electron chi connectivity index (χ4n) is 3.58. The van der Waals surface area contributed by atoms with Gasteiger partial charge in [-0.1, -0.05) is 13.8 Å². The van der Waals surface area contributed by atoms with Crippen LogP contribution in [0.3, 0.4) is 0 Å². The van der Waals surface area contributed by atoms with Gasteiger partial charge in [0.1, 0.15) is 18.1 Å². The van der Waals surface area contributed by atoms with Crippen LogP contribution in [-0.2, 0) is 25.6 Å². The van der Waals surface area contributed by atoms with E-state index in [0.29, 0.717) is 31.5 Å². The van der Waals surface area contributed by atoms with Gasteiger partial charge in [-0.15, -0.1) is 0 Å². The van der Waals surface area contributed by atoms with Crippen LogP contribution >= 0.6 is 0 Å². The third kappa shape index (κ3) is 6.78. The fourth-order valence-corrected chi connectivity index (χ4v) is 3.58. The van der Waals surface area contributed by atoms with E-state index in [1.54, 1.807) is 6.20 Å². The van der Waals surface area contributed by atoms with Crippen LogP contribution in [0.2, 0.25) is 0 Å². The lowest BCUT2D eigenvalue weighted by atomic mass is 10.0. The number of nitrogens with two attached hydrogens (primary N) is 1. The lowest BCUT2D eigenvalue weighted by Crippen LogP contribution is -2.57. The topological polar surface area (TPSA) is 171 Å². The van der Waals surface area contributed by atoms with Crippen molar-refractivity contribution < 1.29 is 24.3 Å². The molecule has 0 aliphatic carbocycles. The van der Waals surface area contributed by atoms with Crippen LogP contribution in [-0.4, -0.2) is 74.4 Å². The summed E-state index contributed by atoms with van der Waals surface area (Å²) in [4.78, 5) is 57.8. The molecule has 11 heteroatoms. The predicted octanol–water partition coefficient (Wildman–Crippen LogP) is -0.609. The number of aromatic amines is 1. The first-order valence-corrected chi connectivity index (χ1v) is 10.5. The van der Waals surface area contributed by atoms with E-state index in [-0.39, 0.29) is 12.3 Å². The zero-order valence-corrected chi connectivity index (χ0v) is 18.1. The van der Waals surface area contributed by atoms with Gasteiger partial charge in [0.05, 0.1) is 12.4 Å². The minimum absolute atomic E-state index is 0.162. The number of carboxylic acids is 1. The molecule has 0 radical (unpaired) electrons. The number of H-pyrrole nitrogens is 1. The second kappa shape index (κ2) is 10.9. The molecule has 31 heavy (non-hydrogen) atoms. The number of imidazole rings is 1. The van der Waals surface area contributed by atoms with Crippen LogP contribution in [0.25, 0.3) is 0 Å². The molecule has 2 heterocycles. The first-order valence-electron chi connectivity index (χ1n) is 10.5. The predicted molar refractivity (Wildman–Crippen MR) is 112 cm³/mol. The summed E-state index contributed by atoms with van der Waals surface area (Å²) in [7, 11) is 0. The molecule has 0 saturated carbocycles. The normalized spacial score (nSPS) is 19.0. The fraction of sp³-hybridized carbons (Fsp3) is 0.650. The van der Waals surface area contributed by atoms with Gasteiger partial charge in [-0.3, -0.25) is 19.2 Å². The molecule has 0 bridgehead atoms. The van der Waals surface area contributed by atoms with E-state index in [1.807, 2.05) is 13.8 Å². The average molecular weight is 437 g/mol. The van der Waals surface area contributed by atoms with Crippen molar-refractivity contribution >= 4 is 23.7 Å². The van der Waals surface area contributed by atoms with Crippen molar-refractivity contribution in [2.45, 2.75) is 70.6 Å². The molecule has 0 spiro atoms. The summed E-state index contributed by atoms with van der Waals surface area (Å²) in [5.41, 5.74) is 6.62. The van der Waals surface area contributed by atoms with Crippen LogP contribution in [0, 0.1) is 5.92 Å². The van der Waals surface area contributed by atoms with Gasteiger partial charge in [0.2, 0.25) is 17.7 Å². The lowest BCUT2D eigenvalue weighted by Gasteiger charge is -2.29. The van der Waals surface area contributed by atoms with E-state index in [4.69, 9.17) is 10.8 Å². The number of hydrogen-bond donors (Lipinski definition) is 5. The molecule has 1 aromatic rings. The van der Waals surface area contributed by atoms with E-state index in [0.717, 1.165) is 0 Å². The highest BCUT2D eigenvalue weighted by molar-refractivity contribution is 5.94. The highest BCUT2D eigenvalue weighted by atomic mass is 16.4. The molecule has 11 nitrogen and oxygen atoms in total. The molecule has 1 aromatic heterocycles. The van der Waals surface area contributed by atoms with Crippen molar-refractivity contribution in [2.75, 3.05) is 6.54 Å². The van der Waals surface area contributed by atoms with Crippen LogP contribution in [0.5, 0.6) is 0 Å². The maximum absolute atomic E-state index is 13.3. The second-order valence-corrected chi connectivity index (χ2v) is 8.34. The van der Waals surface area contributed by atoms with Crippen molar-refractivity contribution in [1.82, 2.24) is 25.5 Å². The van der Waals surface area contributed by atoms with Gasteiger partial charge in [-0.25, -0.2) is 4.98 Å². The molecule has 2 rings (SSSR count). The summed E-state index contributed by atoms with van der Waals surface area (Å²) < 4.78 is 0. The molecule has 1 saturated heterocycles. The molecular formula is C20H32N6O5. The van der Waals surface area contributed by atoms with Crippen LogP contribution in [0.1, 0.15) is 45.7 Å². The summed E-state index contributed by atoms with van der Waals surface area (Å²) in [5, 5.41) is 14.2. The van der Waals surface area contributed by atoms with E-state index in [1.165, 1.54) is 18.2 Å².